The maximum atomic E-state index is 12.5. The number of hydrazine groups is 1. The second-order valence-corrected chi connectivity index (χ2v) is 9.20. The lowest BCUT2D eigenvalue weighted by molar-refractivity contribution is -0.119. The fourth-order valence-electron chi connectivity index (χ4n) is 3.67. The van der Waals surface area contributed by atoms with Gasteiger partial charge in [0.25, 0.3) is 0 Å². The Kier molecular flexibility index (Phi) is 8.14. The second-order valence-electron chi connectivity index (χ2n) is 7.85. The van der Waals surface area contributed by atoms with Crippen molar-refractivity contribution in [1.82, 2.24) is 35.4 Å². The van der Waals surface area contributed by atoms with Crippen LogP contribution in [0.5, 0.6) is 0 Å². The Bertz CT molecular complexity index is 1140. The van der Waals surface area contributed by atoms with Crippen LogP contribution in [0.1, 0.15) is 25.3 Å². The van der Waals surface area contributed by atoms with Crippen LogP contribution in [0, 0.1) is 0 Å². The Morgan fingerprint density at radius 2 is 2.12 bits per heavy atom. The maximum absolute atomic E-state index is 12.5. The molecule has 3 N–H and O–H groups in total. The summed E-state index contributed by atoms with van der Waals surface area (Å²) < 4.78 is 9.52. The Morgan fingerprint density at radius 3 is 2.85 bits per heavy atom. The SMILES string of the molecule is CCc1ccccc1NC(=S)NNC(=O)CSc1nnc(-c2ccn(C)n2)n1CC1CCCO1. The van der Waals surface area contributed by atoms with Gasteiger partial charge in [0, 0.05) is 25.5 Å². The molecule has 1 aliphatic rings. The van der Waals surface area contributed by atoms with Gasteiger partial charge in [0.1, 0.15) is 5.69 Å². The number of thioether (sulfide) groups is 1. The van der Waals surface area contributed by atoms with Gasteiger partial charge >= 0.3 is 0 Å². The summed E-state index contributed by atoms with van der Waals surface area (Å²) in [6, 6.07) is 9.80. The molecule has 2 aromatic heterocycles. The van der Waals surface area contributed by atoms with E-state index in [0.29, 0.717) is 22.6 Å². The highest BCUT2D eigenvalue weighted by molar-refractivity contribution is 7.99. The quantitative estimate of drug-likeness (QED) is 0.244. The van der Waals surface area contributed by atoms with Gasteiger partial charge in [-0.3, -0.25) is 24.9 Å². The number of aryl methyl sites for hydroxylation is 2. The molecule has 0 radical (unpaired) electrons. The number of hydrogen-bond donors (Lipinski definition) is 3. The summed E-state index contributed by atoms with van der Waals surface area (Å²) in [5, 5.41) is 17.2. The molecule has 0 aliphatic carbocycles. The molecule has 0 saturated carbocycles. The molecule has 180 valence electrons. The molecule has 3 aromatic rings. The zero-order chi connectivity index (χ0) is 23.9. The van der Waals surface area contributed by atoms with Gasteiger partial charge < -0.3 is 10.1 Å². The number of para-hydroxylation sites is 1. The highest BCUT2D eigenvalue weighted by Gasteiger charge is 2.23. The molecule has 1 aliphatic heterocycles. The molecule has 34 heavy (non-hydrogen) atoms. The summed E-state index contributed by atoms with van der Waals surface area (Å²) >= 11 is 6.61. The number of rotatable bonds is 8. The summed E-state index contributed by atoms with van der Waals surface area (Å²) in [5.74, 6) is 0.577. The van der Waals surface area contributed by atoms with Gasteiger partial charge in [-0.05, 0) is 49.2 Å². The lowest BCUT2D eigenvalue weighted by Gasteiger charge is -2.15. The number of nitrogens with one attached hydrogen (secondary N) is 3. The van der Waals surface area contributed by atoms with Crippen LogP contribution in [0.3, 0.4) is 0 Å². The van der Waals surface area contributed by atoms with Gasteiger partial charge in [0.15, 0.2) is 16.1 Å². The topological polar surface area (TPSA) is 111 Å². The molecule has 3 heterocycles. The highest BCUT2D eigenvalue weighted by Crippen LogP contribution is 2.25. The Morgan fingerprint density at radius 1 is 1.26 bits per heavy atom. The standard InChI is InChI=1S/C22H28N8O2S2/c1-3-15-7-4-5-9-17(15)23-21(33)26-24-19(31)14-34-22-27-25-20(18-10-11-29(2)28-18)30(22)13-16-8-6-12-32-16/h4-5,7,9-11,16H,3,6,8,12-14H2,1-2H3,(H,24,31)(H2,23,26,33). The zero-order valence-electron chi connectivity index (χ0n) is 19.2. The zero-order valence-corrected chi connectivity index (χ0v) is 20.8. The van der Waals surface area contributed by atoms with E-state index in [4.69, 9.17) is 17.0 Å². The molecule has 1 aromatic carbocycles. The predicted octanol–water partition coefficient (Wildman–Crippen LogP) is 2.53. The van der Waals surface area contributed by atoms with Crippen molar-refractivity contribution in [2.24, 2.45) is 7.05 Å². The first-order valence-electron chi connectivity index (χ1n) is 11.1. The van der Waals surface area contributed by atoms with E-state index in [9.17, 15) is 4.79 Å². The van der Waals surface area contributed by atoms with Crippen molar-refractivity contribution in [3.8, 4) is 11.5 Å². The number of benzene rings is 1. The molecule has 1 amide bonds. The van der Waals surface area contributed by atoms with Crippen LogP contribution in [0.4, 0.5) is 5.69 Å². The van der Waals surface area contributed by atoms with E-state index in [2.05, 4.69) is 38.4 Å². The molecule has 1 atom stereocenters. The van der Waals surface area contributed by atoms with Gasteiger partial charge in [-0.15, -0.1) is 10.2 Å². The lowest BCUT2D eigenvalue weighted by atomic mass is 10.1. The predicted molar refractivity (Wildman–Crippen MR) is 135 cm³/mol. The number of carbonyl (C=O) groups is 1. The van der Waals surface area contributed by atoms with Crippen LogP contribution in [-0.4, -0.2) is 54.0 Å². The van der Waals surface area contributed by atoms with Crippen molar-refractivity contribution >= 4 is 40.7 Å². The van der Waals surface area contributed by atoms with E-state index < -0.39 is 0 Å². The molecule has 10 nitrogen and oxygen atoms in total. The number of anilines is 1. The van der Waals surface area contributed by atoms with Gasteiger partial charge in [-0.25, -0.2) is 0 Å². The van der Waals surface area contributed by atoms with Gasteiger partial charge in [-0.2, -0.15) is 5.10 Å². The molecule has 0 spiro atoms. The molecule has 1 saturated heterocycles. The third kappa shape index (κ3) is 6.13. The van der Waals surface area contributed by atoms with Crippen LogP contribution in [0.2, 0.25) is 0 Å². The number of hydrogen-bond acceptors (Lipinski definition) is 7. The van der Waals surface area contributed by atoms with E-state index in [-0.39, 0.29) is 17.8 Å². The molecular weight excluding hydrogens is 472 g/mol. The molecule has 1 fully saturated rings. The molecule has 1 unspecified atom stereocenters. The van der Waals surface area contributed by atoms with Gasteiger partial charge in [0.2, 0.25) is 5.91 Å². The van der Waals surface area contributed by atoms with E-state index in [1.807, 2.05) is 48.1 Å². The average Bonchev–Trinajstić information content (AvgIpc) is 3.59. The van der Waals surface area contributed by atoms with E-state index >= 15 is 0 Å². The number of aromatic nitrogens is 5. The Labute approximate surface area is 207 Å². The molecule has 0 bridgehead atoms. The minimum Gasteiger partial charge on any atom is -0.376 e. The number of amides is 1. The second kappa shape index (κ2) is 11.4. The fraction of sp³-hybridized carbons (Fsp3) is 0.409. The Hall–Kier alpha value is -2.96. The van der Waals surface area contributed by atoms with Crippen molar-refractivity contribution in [2.45, 2.75) is 44.0 Å². The fourth-order valence-corrected chi connectivity index (χ4v) is 4.58. The first kappa shape index (κ1) is 24.2. The highest BCUT2D eigenvalue weighted by atomic mass is 32.2. The molecule has 12 heteroatoms. The van der Waals surface area contributed by atoms with Crippen LogP contribution < -0.4 is 16.2 Å². The minimum absolute atomic E-state index is 0.0998. The largest absolute Gasteiger partial charge is 0.376 e. The van der Waals surface area contributed by atoms with E-state index in [1.165, 1.54) is 11.8 Å². The number of ether oxygens (including phenoxy) is 1. The number of carbonyl (C=O) groups excluding carboxylic acids is 1. The van der Waals surface area contributed by atoms with Crippen molar-refractivity contribution in [1.29, 1.82) is 0 Å². The van der Waals surface area contributed by atoms with Crippen molar-refractivity contribution < 1.29 is 9.53 Å². The summed E-state index contributed by atoms with van der Waals surface area (Å²) in [6.45, 7) is 3.46. The first-order chi connectivity index (χ1) is 16.5. The van der Waals surface area contributed by atoms with Crippen molar-refractivity contribution in [2.75, 3.05) is 17.7 Å². The van der Waals surface area contributed by atoms with Gasteiger partial charge in [-0.1, -0.05) is 36.9 Å². The minimum atomic E-state index is -0.232. The summed E-state index contributed by atoms with van der Waals surface area (Å²) in [5.41, 5.74) is 8.18. The summed E-state index contributed by atoms with van der Waals surface area (Å²) in [4.78, 5) is 12.5. The maximum Gasteiger partial charge on any atom is 0.248 e. The van der Waals surface area contributed by atoms with Crippen molar-refractivity contribution in [3.63, 3.8) is 0 Å². The average molecular weight is 501 g/mol. The van der Waals surface area contributed by atoms with Crippen LogP contribution >= 0.6 is 24.0 Å². The van der Waals surface area contributed by atoms with Crippen LogP contribution in [-0.2, 0) is 29.5 Å². The summed E-state index contributed by atoms with van der Waals surface area (Å²) in [6.07, 6.45) is 4.87. The molecule has 4 rings (SSSR count). The van der Waals surface area contributed by atoms with Crippen LogP contribution in [0.15, 0.2) is 41.7 Å². The third-order valence-electron chi connectivity index (χ3n) is 5.36. The normalized spacial score (nSPS) is 15.3. The van der Waals surface area contributed by atoms with E-state index in [0.717, 1.165) is 42.8 Å². The van der Waals surface area contributed by atoms with Crippen molar-refractivity contribution in [3.05, 3.63) is 42.1 Å². The first-order valence-corrected chi connectivity index (χ1v) is 12.5. The van der Waals surface area contributed by atoms with Gasteiger partial charge in [0.05, 0.1) is 18.4 Å². The lowest BCUT2D eigenvalue weighted by Crippen LogP contribution is -2.44. The summed E-state index contributed by atoms with van der Waals surface area (Å²) in [7, 11) is 1.86. The monoisotopic (exact) mass is 500 g/mol. The number of nitrogens with zero attached hydrogens (tertiary/aromatic N) is 5. The molecular formula is C22H28N8O2S2. The number of thiocarbonyl (C=S) groups is 1. The smallest absolute Gasteiger partial charge is 0.248 e. The van der Waals surface area contributed by atoms with E-state index in [1.54, 1.807) is 4.68 Å². The van der Waals surface area contributed by atoms with Crippen LogP contribution in [0.25, 0.3) is 11.5 Å². The Balaban J connectivity index is 1.34. The third-order valence-corrected chi connectivity index (χ3v) is 6.53.